The lowest BCUT2D eigenvalue weighted by molar-refractivity contribution is -0.121. The maximum atomic E-state index is 13.1. The summed E-state index contributed by atoms with van der Waals surface area (Å²) >= 11 is 0. The first-order chi connectivity index (χ1) is 8.93. The minimum absolute atomic E-state index is 0.0810. The second-order valence-electron chi connectivity index (χ2n) is 4.08. The van der Waals surface area contributed by atoms with Gasteiger partial charge in [-0.15, -0.1) is 0 Å². The van der Waals surface area contributed by atoms with Gasteiger partial charge in [0.05, 0.1) is 11.8 Å². The summed E-state index contributed by atoms with van der Waals surface area (Å²) in [6, 6.07) is 3.55. The molecule has 0 saturated heterocycles. The van der Waals surface area contributed by atoms with Gasteiger partial charge in [0.25, 0.3) is 0 Å². The maximum absolute atomic E-state index is 13.1. The molecule has 0 aromatic heterocycles. The van der Waals surface area contributed by atoms with Gasteiger partial charge in [-0.3, -0.25) is 4.79 Å². The van der Waals surface area contributed by atoms with Crippen LogP contribution in [0.3, 0.4) is 0 Å². The zero-order valence-electron chi connectivity index (χ0n) is 10.7. The molecule has 0 aliphatic heterocycles. The first-order valence-corrected chi connectivity index (χ1v) is 5.63. The predicted octanol–water partition coefficient (Wildman–Crippen LogP) is 1.28. The summed E-state index contributed by atoms with van der Waals surface area (Å²) in [6.07, 6.45) is -0.0810. The number of amidine groups is 1. The Bertz CT molecular complexity index is 489. The largest absolute Gasteiger partial charge is 0.409 e. The Morgan fingerprint density at radius 2 is 2.26 bits per heavy atom. The summed E-state index contributed by atoms with van der Waals surface area (Å²) in [5, 5.41) is 13.9. The van der Waals surface area contributed by atoms with Crippen LogP contribution in [-0.2, 0) is 9.53 Å². The van der Waals surface area contributed by atoms with Crippen LogP contribution in [0.5, 0.6) is 0 Å². The van der Waals surface area contributed by atoms with Crippen molar-refractivity contribution in [2.45, 2.75) is 20.0 Å². The van der Waals surface area contributed by atoms with Gasteiger partial charge in [-0.1, -0.05) is 5.16 Å². The molecular weight excluding hydrogens is 253 g/mol. The molecule has 1 rings (SSSR count). The van der Waals surface area contributed by atoms with Crippen molar-refractivity contribution in [1.29, 1.82) is 0 Å². The van der Waals surface area contributed by atoms with Crippen LogP contribution < -0.4 is 11.1 Å². The SMILES string of the molecule is CC(C)OCC(=O)Nc1ccc(F)cc1/C(N)=N/O. The Morgan fingerprint density at radius 1 is 1.58 bits per heavy atom. The van der Waals surface area contributed by atoms with E-state index in [1.54, 1.807) is 13.8 Å². The van der Waals surface area contributed by atoms with Crippen molar-refractivity contribution in [3.8, 4) is 0 Å². The third-order valence-electron chi connectivity index (χ3n) is 2.19. The third kappa shape index (κ3) is 4.55. The first kappa shape index (κ1) is 14.9. The summed E-state index contributed by atoms with van der Waals surface area (Å²) in [5.74, 6) is -1.26. The highest BCUT2D eigenvalue weighted by Crippen LogP contribution is 2.16. The fourth-order valence-electron chi connectivity index (χ4n) is 1.32. The second-order valence-corrected chi connectivity index (χ2v) is 4.08. The van der Waals surface area contributed by atoms with Crippen molar-refractivity contribution in [3.05, 3.63) is 29.6 Å². The lowest BCUT2D eigenvalue weighted by Crippen LogP contribution is -2.23. The molecule has 1 aromatic carbocycles. The molecule has 19 heavy (non-hydrogen) atoms. The number of hydrogen-bond donors (Lipinski definition) is 3. The van der Waals surface area contributed by atoms with Crippen molar-refractivity contribution < 1.29 is 19.1 Å². The van der Waals surface area contributed by atoms with Crippen LogP contribution >= 0.6 is 0 Å². The highest BCUT2D eigenvalue weighted by molar-refractivity contribution is 6.05. The van der Waals surface area contributed by atoms with Crippen LogP contribution in [0.1, 0.15) is 19.4 Å². The Morgan fingerprint density at radius 3 is 2.84 bits per heavy atom. The molecular formula is C12H16FN3O3. The zero-order valence-corrected chi connectivity index (χ0v) is 10.7. The molecule has 0 fully saturated rings. The Hall–Kier alpha value is -2.15. The molecule has 0 spiro atoms. The number of nitrogens with one attached hydrogen (secondary N) is 1. The first-order valence-electron chi connectivity index (χ1n) is 5.63. The molecule has 0 heterocycles. The highest BCUT2D eigenvalue weighted by atomic mass is 19.1. The van der Waals surface area contributed by atoms with E-state index in [0.717, 1.165) is 12.1 Å². The van der Waals surface area contributed by atoms with Gasteiger partial charge in [0.15, 0.2) is 5.84 Å². The van der Waals surface area contributed by atoms with Crippen LogP contribution in [-0.4, -0.2) is 29.7 Å². The van der Waals surface area contributed by atoms with Gasteiger partial charge in [-0.25, -0.2) is 4.39 Å². The minimum atomic E-state index is -0.557. The van der Waals surface area contributed by atoms with Crippen LogP contribution in [0.25, 0.3) is 0 Å². The summed E-state index contributed by atoms with van der Waals surface area (Å²) in [4.78, 5) is 11.6. The van der Waals surface area contributed by atoms with Crippen molar-refractivity contribution in [2.75, 3.05) is 11.9 Å². The molecule has 6 nitrogen and oxygen atoms in total. The van der Waals surface area contributed by atoms with Gasteiger partial charge >= 0.3 is 0 Å². The minimum Gasteiger partial charge on any atom is -0.409 e. The van der Waals surface area contributed by atoms with Gasteiger partial charge in [0, 0.05) is 5.56 Å². The number of carbonyl (C=O) groups is 1. The number of halogens is 1. The van der Waals surface area contributed by atoms with Crippen LogP contribution in [0, 0.1) is 5.82 Å². The average molecular weight is 269 g/mol. The van der Waals surface area contributed by atoms with E-state index in [1.165, 1.54) is 6.07 Å². The van der Waals surface area contributed by atoms with E-state index in [0.29, 0.717) is 0 Å². The van der Waals surface area contributed by atoms with E-state index >= 15 is 0 Å². The van der Waals surface area contributed by atoms with Gasteiger partial charge in [-0.05, 0) is 32.0 Å². The quantitative estimate of drug-likeness (QED) is 0.325. The number of rotatable bonds is 5. The Balaban J connectivity index is 2.86. The lowest BCUT2D eigenvalue weighted by Gasteiger charge is -2.11. The summed E-state index contributed by atoms with van der Waals surface area (Å²) in [7, 11) is 0. The van der Waals surface area contributed by atoms with E-state index in [9.17, 15) is 9.18 Å². The lowest BCUT2D eigenvalue weighted by atomic mass is 10.1. The normalized spacial score (nSPS) is 11.7. The zero-order chi connectivity index (χ0) is 14.4. The van der Waals surface area contributed by atoms with E-state index in [2.05, 4.69) is 10.5 Å². The highest BCUT2D eigenvalue weighted by Gasteiger charge is 2.12. The molecule has 0 aliphatic carbocycles. The molecule has 0 radical (unpaired) electrons. The molecule has 0 bridgehead atoms. The number of amides is 1. The molecule has 104 valence electrons. The van der Waals surface area contributed by atoms with E-state index in [-0.39, 0.29) is 29.8 Å². The molecule has 0 aliphatic rings. The number of hydrogen-bond acceptors (Lipinski definition) is 4. The number of anilines is 1. The topological polar surface area (TPSA) is 96.9 Å². The van der Waals surface area contributed by atoms with Gasteiger partial charge < -0.3 is 21.0 Å². The molecule has 4 N–H and O–H groups in total. The van der Waals surface area contributed by atoms with Gasteiger partial charge in [0.1, 0.15) is 12.4 Å². The molecule has 7 heteroatoms. The van der Waals surface area contributed by atoms with Crippen LogP contribution in [0.2, 0.25) is 0 Å². The smallest absolute Gasteiger partial charge is 0.250 e. The summed E-state index contributed by atoms with van der Waals surface area (Å²) in [6.45, 7) is 3.46. The van der Waals surface area contributed by atoms with Crippen LogP contribution in [0.4, 0.5) is 10.1 Å². The molecule has 0 unspecified atom stereocenters. The maximum Gasteiger partial charge on any atom is 0.250 e. The standard InChI is InChI=1S/C12H16FN3O3/c1-7(2)19-6-11(17)15-10-4-3-8(13)5-9(10)12(14)16-18/h3-5,7,18H,6H2,1-2H3,(H2,14,16)(H,15,17). The van der Waals surface area contributed by atoms with E-state index in [4.69, 9.17) is 15.7 Å². The van der Waals surface area contributed by atoms with E-state index < -0.39 is 11.7 Å². The fourth-order valence-corrected chi connectivity index (χ4v) is 1.32. The number of carbonyl (C=O) groups excluding carboxylic acids is 1. The number of nitrogens with zero attached hydrogens (tertiary/aromatic N) is 1. The van der Waals surface area contributed by atoms with Crippen molar-refractivity contribution in [2.24, 2.45) is 10.9 Å². The third-order valence-corrected chi connectivity index (χ3v) is 2.19. The van der Waals surface area contributed by atoms with Crippen LogP contribution in [0.15, 0.2) is 23.4 Å². The van der Waals surface area contributed by atoms with E-state index in [1.807, 2.05) is 0 Å². The Kier molecular flexibility index (Phi) is 5.25. The van der Waals surface area contributed by atoms with Crippen molar-refractivity contribution in [1.82, 2.24) is 0 Å². The molecule has 0 atom stereocenters. The molecule has 0 saturated carbocycles. The number of oxime groups is 1. The molecule has 1 aromatic rings. The predicted molar refractivity (Wildman–Crippen MR) is 68.6 cm³/mol. The molecule has 1 amide bonds. The summed E-state index contributed by atoms with van der Waals surface area (Å²) < 4.78 is 18.2. The fraction of sp³-hybridized carbons (Fsp3) is 0.333. The van der Waals surface area contributed by atoms with Gasteiger partial charge in [0.2, 0.25) is 5.91 Å². The number of ether oxygens (including phenoxy) is 1. The number of benzene rings is 1. The summed E-state index contributed by atoms with van der Waals surface area (Å²) in [5.41, 5.74) is 5.75. The second kappa shape index (κ2) is 6.69. The average Bonchev–Trinajstić information content (AvgIpc) is 2.37. The number of nitrogens with two attached hydrogens (primary N) is 1. The van der Waals surface area contributed by atoms with Crippen molar-refractivity contribution >= 4 is 17.4 Å². The van der Waals surface area contributed by atoms with Crippen molar-refractivity contribution in [3.63, 3.8) is 0 Å². The monoisotopic (exact) mass is 269 g/mol. The van der Waals surface area contributed by atoms with Gasteiger partial charge in [-0.2, -0.15) is 0 Å². The Labute approximate surface area is 110 Å².